The molecule has 3 aromatic rings. The van der Waals surface area contributed by atoms with Gasteiger partial charge in [-0.15, -0.1) is 10.2 Å². The highest BCUT2D eigenvalue weighted by molar-refractivity contribution is 8.00. The molecule has 0 spiro atoms. The number of pyridine rings is 1. The lowest BCUT2D eigenvalue weighted by Crippen LogP contribution is -2.12. The van der Waals surface area contributed by atoms with Crippen LogP contribution in [0.2, 0.25) is 0 Å². The number of thioether (sulfide) groups is 1. The van der Waals surface area contributed by atoms with Gasteiger partial charge < -0.3 is 0 Å². The number of amides is 1. The van der Waals surface area contributed by atoms with E-state index in [1.54, 1.807) is 30.1 Å². The van der Waals surface area contributed by atoms with Crippen molar-refractivity contribution in [2.75, 3.05) is 5.32 Å². The summed E-state index contributed by atoms with van der Waals surface area (Å²) in [4.78, 5) is 16.2. The minimum Gasteiger partial charge on any atom is -0.296 e. The number of anilines is 1. The van der Waals surface area contributed by atoms with Crippen molar-refractivity contribution in [2.24, 2.45) is 0 Å². The van der Waals surface area contributed by atoms with Gasteiger partial charge >= 0.3 is 0 Å². The fourth-order valence-electron chi connectivity index (χ4n) is 1.81. The molecule has 0 saturated heterocycles. The third kappa shape index (κ3) is 4.37. The van der Waals surface area contributed by atoms with Gasteiger partial charge in [-0.05, 0) is 24.6 Å². The molecule has 116 valence electrons. The highest BCUT2D eigenvalue weighted by Gasteiger charge is 2.11. The van der Waals surface area contributed by atoms with Gasteiger partial charge in [0.25, 0.3) is 5.91 Å². The summed E-state index contributed by atoms with van der Waals surface area (Å²) in [6, 6.07) is 13.7. The fraction of sp³-hybridized carbons (Fsp3) is 0.125. The molecule has 0 fully saturated rings. The number of nitrogens with zero attached hydrogens (tertiary/aromatic N) is 3. The number of aryl methyl sites for hydroxylation is 1. The smallest absolute Gasteiger partial charge is 0.259 e. The Morgan fingerprint density at radius 3 is 2.74 bits per heavy atom. The zero-order valence-corrected chi connectivity index (χ0v) is 14.0. The zero-order chi connectivity index (χ0) is 16.1. The van der Waals surface area contributed by atoms with E-state index in [4.69, 9.17) is 0 Å². The minimum absolute atomic E-state index is 0.228. The lowest BCUT2D eigenvalue weighted by Gasteiger charge is -2.00. The Morgan fingerprint density at radius 2 is 2.00 bits per heavy atom. The van der Waals surface area contributed by atoms with Crippen LogP contribution in [0.1, 0.15) is 21.6 Å². The Hall–Kier alpha value is -2.25. The van der Waals surface area contributed by atoms with Crippen LogP contribution >= 0.6 is 23.1 Å². The molecule has 0 unspecified atom stereocenters. The van der Waals surface area contributed by atoms with Crippen molar-refractivity contribution in [3.63, 3.8) is 0 Å². The molecule has 0 aliphatic carbocycles. The average molecular weight is 342 g/mol. The topological polar surface area (TPSA) is 67.8 Å². The predicted octanol–water partition coefficient (Wildman–Crippen LogP) is 3.79. The van der Waals surface area contributed by atoms with Gasteiger partial charge in [0.05, 0.1) is 5.56 Å². The first-order valence-electron chi connectivity index (χ1n) is 6.95. The van der Waals surface area contributed by atoms with E-state index in [-0.39, 0.29) is 5.91 Å². The van der Waals surface area contributed by atoms with Crippen LogP contribution in [0, 0.1) is 6.92 Å². The Bertz CT molecular complexity index is 787. The molecule has 1 aromatic carbocycles. The third-order valence-electron chi connectivity index (χ3n) is 3.01. The summed E-state index contributed by atoms with van der Waals surface area (Å²) in [5.74, 6) is 0.596. The summed E-state index contributed by atoms with van der Waals surface area (Å²) in [6.45, 7) is 1.88. The van der Waals surface area contributed by atoms with E-state index in [1.807, 2.05) is 25.1 Å². The van der Waals surface area contributed by atoms with E-state index < -0.39 is 0 Å². The van der Waals surface area contributed by atoms with E-state index >= 15 is 0 Å². The molecule has 7 heteroatoms. The maximum absolute atomic E-state index is 12.1. The molecule has 23 heavy (non-hydrogen) atoms. The number of nitrogens with one attached hydrogen (secondary N) is 1. The monoisotopic (exact) mass is 342 g/mol. The Morgan fingerprint density at radius 1 is 1.17 bits per heavy atom. The first-order chi connectivity index (χ1) is 11.2. The number of hydrogen-bond donors (Lipinski definition) is 1. The summed E-state index contributed by atoms with van der Waals surface area (Å²) in [5.41, 5.74) is 2.60. The predicted molar refractivity (Wildman–Crippen MR) is 92.8 cm³/mol. The lowest BCUT2D eigenvalue weighted by molar-refractivity contribution is 0.102. The van der Waals surface area contributed by atoms with E-state index in [1.165, 1.54) is 16.9 Å². The first-order valence-corrected chi connectivity index (χ1v) is 8.75. The summed E-state index contributed by atoms with van der Waals surface area (Å²) in [5, 5.41) is 11.3. The van der Waals surface area contributed by atoms with Gasteiger partial charge in [-0.2, -0.15) is 0 Å². The van der Waals surface area contributed by atoms with Crippen LogP contribution in [-0.2, 0) is 5.75 Å². The van der Waals surface area contributed by atoms with Gasteiger partial charge in [0.15, 0.2) is 4.34 Å². The van der Waals surface area contributed by atoms with Gasteiger partial charge in [-0.25, -0.2) is 0 Å². The second kappa shape index (κ2) is 7.34. The Balaban J connectivity index is 1.58. The average Bonchev–Trinajstić information content (AvgIpc) is 3.02. The van der Waals surface area contributed by atoms with Crippen molar-refractivity contribution in [1.82, 2.24) is 15.2 Å². The largest absolute Gasteiger partial charge is 0.296 e. The normalized spacial score (nSPS) is 10.5. The molecule has 0 aliphatic heterocycles. The molecular formula is C16H14N4OS2. The fourth-order valence-corrected chi connectivity index (χ4v) is 3.51. The first kappa shape index (κ1) is 15.6. The third-order valence-corrected chi connectivity index (χ3v) is 5.05. The van der Waals surface area contributed by atoms with Crippen LogP contribution in [-0.4, -0.2) is 21.1 Å². The second-order valence-electron chi connectivity index (χ2n) is 4.79. The molecule has 0 bridgehead atoms. The lowest BCUT2D eigenvalue weighted by atomic mass is 10.2. The van der Waals surface area contributed by atoms with E-state index in [0.29, 0.717) is 10.7 Å². The summed E-state index contributed by atoms with van der Waals surface area (Å²) >= 11 is 2.97. The highest BCUT2D eigenvalue weighted by Crippen LogP contribution is 2.28. The number of benzene rings is 1. The van der Waals surface area contributed by atoms with Crippen LogP contribution in [0.3, 0.4) is 0 Å². The quantitative estimate of drug-likeness (QED) is 0.564. The SMILES string of the molecule is Cc1ccc(C(=O)Nc2nnc(SCc3ccccc3)s2)cn1. The number of carbonyl (C=O) groups is 1. The molecule has 0 atom stereocenters. The maximum atomic E-state index is 12.1. The molecule has 3 rings (SSSR count). The van der Waals surface area contributed by atoms with Crippen LogP contribution in [0.4, 0.5) is 5.13 Å². The second-order valence-corrected chi connectivity index (χ2v) is 6.99. The molecule has 0 radical (unpaired) electrons. The number of aromatic nitrogens is 3. The molecular weight excluding hydrogens is 328 g/mol. The molecule has 1 amide bonds. The number of rotatable bonds is 5. The zero-order valence-electron chi connectivity index (χ0n) is 12.4. The van der Waals surface area contributed by atoms with Crippen LogP contribution < -0.4 is 5.32 Å². The number of carbonyl (C=O) groups excluding carboxylic acids is 1. The van der Waals surface area contributed by atoms with Crippen molar-refractivity contribution < 1.29 is 4.79 Å². The number of hydrogen-bond acceptors (Lipinski definition) is 6. The molecule has 2 aromatic heterocycles. The van der Waals surface area contributed by atoms with Crippen LogP contribution in [0.5, 0.6) is 0 Å². The molecule has 5 nitrogen and oxygen atoms in total. The van der Waals surface area contributed by atoms with Gasteiger partial charge in [0, 0.05) is 17.6 Å². The highest BCUT2D eigenvalue weighted by atomic mass is 32.2. The molecule has 0 aliphatic rings. The van der Waals surface area contributed by atoms with Crippen molar-refractivity contribution in [3.8, 4) is 0 Å². The molecule has 1 N–H and O–H groups in total. The standard InChI is InChI=1S/C16H14N4OS2/c1-11-7-8-13(9-17-11)14(21)18-15-19-20-16(23-15)22-10-12-5-3-2-4-6-12/h2-9H,10H2,1H3,(H,18,19,21). The van der Waals surface area contributed by atoms with E-state index in [9.17, 15) is 4.79 Å². The van der Waals surface area contributed by atoms with Crippen molar-refractivity contribution >= 4 is 34.1 Å². The summed E-state index contributed by atoms with van der Waals surface area (Å²) < 4.78 is 0.825. The van der Waals surface area contributed by atoms with Gasteiger partial charge in [0.2, 0.25) is 5.13 Å². The Labute approximate surface area is 142 Å². The minimum atomic E-state index is -0.228. The van der Waals surface area contributed by atoms with Gasteiger partial charge in [0.1, 0.15) is 0 Å². The maximum Gasteiger partial charge on any atom is 0.259 e. The van der Waals surface area contributed by atoms with Crippen LogP contribution in [0.15, 0.2) is 53.0 Å². The van der Waals surface area contributed by atoms with Gasteiger partial charge in [-0.1, -0.05) is 53.4 Å². The molecule has 2 heterocycles. The molecule has 0 saturated carbocycles. The Kier molecular flexibility index (Phi) is 4.99. The van der Waals surface area contributed by atoms with Crippen molar-refractivity contribution in [3.05, 3.63) is 65.5 Å². The van der Waals surface area contributed by atoms with Crippen molar-refractivity contribution in [1.29, 1.82) is 0 Å². The van der Waals surface area contributed by atoms with Crippen LogP contribution in [0.25, 0.3) is 0 Å². The van der Waals surface area contributed by atoms with E-state index in [0.717, 1.165) is 15.8 Å². The summed E-state index contributed by atoms with van der Waals surface area (Å²) in [7, 11) is 0. The van der Waals surface area contributed by atoms with Crippen molar-refractivity contribution in [2.45, 2.75) is 17.0 Å². The van der Waals surface area contributed by atoms with Gasteiger partial charge in [-0.3, -0.25) is 15.1 Å². The summed E-state index contributed by atoms with van der Waals surface area (Å²) in [6.07, 6.45) is 1.55. The van der Waals surface area contributed by atoms with E-state index in [2.05, 4.69) is 32.6 Å².